The van der Waals surface area contributed by atoms with Crippen molar-refractivity contribution in [2.45, 2.75) is 11.0 Å². The summed E-state index contributed by atoms with van der Waals surface area (Å²) in [5.74, 6) is 0. The SMILES string of the molecule is CC(I)N/C=C\N. The van der Waals surface area contributed by atoms with Gasteiger partial charge < -0.3 is 11.1 Å². The molecule has 0 bridgehead atoms. The van der Waals surface area contributed by atoms with Crippen LogP contribution in [0.15, 0.2) is 12.4 Å². The van der Waals surface area contributed by atoms with E-state index in [4.69, 9.17) is 5.73 Å². The van der Waals surface area contributed by atoms with Crippen LogP contribution in [0, 0.1) is 0 Å². The molecule has 0 aliphatic rings. The summed E-state index contributed by atoms with van der Waals surface area (Å²) >= 11 is 2.25. The van der Waals surface area contributed by atoms with Crippen molar-refractivity contribution < 1.29 is 0 Å². The largest absolute Gasteiger partial charge is 0.403 e. The van der Waals surface area contributed by atoms with Gasteiger partial charge in [-0.1, -0.05) is 22.6 Å². The second-order valence-electron chi connectivity index (χ2n) is 1.14. The van der Waals surface area contributed by atoms with Crippen molar-refractivity contribution in [2.75, 3.05) is 0 Å². The van der Waals surface area contributed by atoms with Crippen LogP contribution in [0.5, 0.6) is 0 Å². The zero-order valence-electron chi connectivity index (χ0n) is 4.19. The van der Waals surface area contributed by atoms with E-state index in [-0.39, 0.29) is 0 Å². The molecule has 7 heavy (non-hydrogen) atoms. The Balaban J connectivity index is 2.97. The molecule has 1 atom stereocenters. The number of alkyl halides is 1. The molecular formula is C4H9IN2. The first kappa shape index (κ1) is 7.07. The van der Waals surface area contributed by atoms with Gasteiger partial charge in [-0.2, -0.15) is 0 Å². The summed E-state index contributed by atoms with van der Waals surface area (Å²) in [4.78, 5) is 0. The molecule has 42 valence electrons. The first-order chi connectivity index (χ1) is 3.27. The van der Waals surface area contributed by atoms with Crippen molar-refractivity contribution in [1.82, 2.24) is 5.32 Å². The molecule has 3 heteroatoms. The van der Waals surface area contributed by atoms with Gasteiger partial charge >= 0.3 is 0 Å². The lowest BCUT2D eigenvalue weighted by Gasteiger charge is -1.98. The van der Waals surface area contributed by atoms with Crippen molar-refractivity contribution in [3.8, 4) is 0 Å². The maximum absolute atomic E-state index is 5.03. The fourth-order valence-electron chi connectivity index (χ4n) is 0.188. The van der Waals surface area contributed by atoms with Crippen LogP contribution in [-0.4, -0.2) is 4.05 Å². The normalized spacial score (nSPS) is 14.6. The van der Waals surface area contributed by atoms with Crippen LogP contribution in [0.3, 0.4) is 0 Å². The average molecular weight is 212 g/mol. The Morgan fingerprint density at radius 2 is 2.43 bits per heavy atom. The molecule has 0 rings (SSSR count). The van der Waals surface area contributed by atoms with Gasteiger partial charge in [0.15, 0.2) is 0 Å². The number of rotatable bonds is 2. The number of hydrogen-bond acceptors (Lipinski definition) is 2. The highest BCUT2D eigenvalue weighted by Gasteiger charge is 1.82. The van der Waals surface area contributed by atoms with Crippen molar-refractivity contribution in [3.05, 3.63) is 12.4 Å². The predicted octanol–water partition coefficient (Wildman–Crippen LogP) is 0.787. The molecular weight excluding hydrogens is 203 g/mol. The van der Waals surface area contributed by atoms with Gasteiger partial charge in [-0.25, -0.2) is 0 Å². The molecule has 0 spiro atoms. The van der Waals surface area contributed by atoms with Gasteiger partial charge in [-0.15, -0.1) is 0 Å². The fraction of sp³-hybridized carbons (Fsp3) is 0.500. The molecule has 0 saturated heterocycles. The second-order valence-corrected chi connectivity index (χ2v) is 3.01. The summed E-state index contributed by atoms with van der Waals surface area (Å²) in [6.45, 7) is 2.04. The molecule has 0 aromatic carbocycles. The summed E-state index contributed by atoms with van der Waals surface area (Å²) < 4.78 is 0.456. The lowest BCUT2D eigenvalue weighted by Crippen LogP contribution is -2.12. The zero-order valence-corrected chi connectivity index (χ0v) is 6.34. The monoisotopic (exact) mass is 212 g/mol. The maximum Gasteiger partial charge on any atom is 0.0748 e. The minimum Gasteiger partial charge on any atom is -0.403 e. The summed E-state index contributed by atoms with van der Waals surface area (Å²) in [6, 6.07) is 0. The lowest BCUT2D eigenvalue weighted by molar-refractivity contribution is 0.884. The molecule has 1 unspecified atom stereocenters. The second kappa shape index (κ2) is 4.23. The zero-order chi connectivity index (χ0) is 5.70. The van der Waals surface area contributed by atoms with Crippen LogP contribution in [0.25, 0.3) is 0 Å². The van der Waals surface area contributed by atoms with Gasteiger partial charge in [0, 0.05) is 12.4 Å². The van der Waals surface area contributed by atoms with Crippen LogP contribution < -0.4 is 11.1 Å². The molecule has 0 aromatic heterocycles. The van der Waals surface area contributed by atoms with Gasteiger partial charge in [-0.3, -0.25) is 0 Å². The summed E-state index contributed by atoms with van der Waals surface area (Å²) in [5, 5.41) is 2.98. The van der Waals surface area contributed by atoms with E-state index in [2.05, 4.69) is 27.9 Å². The average Bonchev–Trinajstić information content (AvgIpc) is 1.61. The number of halogens is 1. The number of hydrogen-bond donors (Lipinski definition) is 2. The topological polar surface area (TPSA) is 38.0 Å². The van der Waals surface area contributed by atoms with Crippen LogP contribution >= 0.6 is 22.6 Å². The third-order valence-corrected chi connectivity index (χ3v) is 0.782. The van der Waals surface area contributed by atoms with Crippen LogP contribution in [0.2, 0.25) is 0 Å². The molecule has 0 aliphatic heterocycles. The molecule has 0 saturated carbocycles. The molecule has 0 radical (unpaired) electrons. The van der Waals surface area contributed by atoms with E-state index >= 15 is 0 Å². The minimum absolute atomic E-state index is 0.456. The van der Waals surface area contributed by atoms with E-state index in [9.17, 15) is 0 Å². The van der Waals surface area contributed by atoms with Crippen LogP contribution in [0.1, 0.15) is 6.92 Å². The first-order valence-corrected chi connectivity index (χ1v) is 3.29. The number of nitrogens with one attached hydrogen (secondary N) is 1. The van der Waals surface area contributed by atoms with Gasteiger partial charge in [0.2, 0.25) is 0 Å². The quantitative estimate of drug-likeness (QED) is 0.403. The predicted molar refractivity (Wildman–Crippen MR) is 39.9 cm³/mol. The highest BCUT2D eigenvalue weighted by molar-refractivity contribution is 14.1. The van der Waals surface area contributed by atoms with E-state index in [1.165, 1.54) is 6.20 Å². The van der Waals surface area contributed by atoms with E-state index in [1.807, 2.05) is 6.92 Å². The van der Waals surface area contributed by atoms with Crippen molar-refractivity contribution in [1.29, 1.82) is 0 Å². The molecule has 2 nitrogen and oxygen atoms in total. The highest BCUT2D eigenvalue weighted by Crippen LogP contribution is 1.89. The Morgan fingerprint density at radius 1 is 1.86 bits per heavy atom. The third kappa shape index (κ3) is 6.07. The fourth-order valence-corrected chi connectivity index (χ4v) is 0.396. The van der Waals surface area contributed by atoms with Crippen molar-refractivity contribution in [3.63, 3.8) is 0 Å². The van der Waals surface area contributed by atoms with Crippen LogP contribution in [-0.2, 0) is 0 Å². The molecule has 0 aliphatic carbocycles. The molecule has 0 fully saturated rings. The summed E-state index contributed by atoms with van der Waals surface area (Å²) in [6.07, 6.45) is 3.20. The van der Waals surface area contributed by atoms with E-state index in [0.29, 0.717) is 4.05 Å². The number of nitrogens with two attached hydrogens (primary N) is 1. The Hall–Kier alpha value is 0.0700. The Kier molecular flexibility index (Phi) is 4.28. The molecule has 0 amide bonds. The molecule has 0 heterocycles. The smallest absolute Gasteiger partial charge is 0.0748 e. The van der Waals surface area contributed by atoms with Gasteiger partial charge in [-0.05, 0) is 6.92 Å². The first-order valence-electron chi connectivity index (χ1n) is 2.04. The van der Waals surface area contributed by atoms with Crippen LogP contribution in [0.4, 0.5) is 0 Å². The third-order valence-electron chi connectivity index (χ3n) is 0.422. The minimum atomic E-state index is 0.456. The standard InChI is InChI=1S/C4H9IN2/c1-4(5)7-3-2-6/h2-4,7H,6H2,1H3/b3-2-. The molecule has 3 N–H and O–H groups in total. The van der Waals surface area contributed by atoms with Gasteiger partial charge in [0.25, 0.3) is 0 Å². The Morgan fingerprint density at radius 3 is 2.57 bits per heavy atom. The maximum atomic E-state index is 5.03. The van der Waals surface area contributed by atoms with E-state index in [0.717, 1.165) is 0 Å². The Bertz CT molecular complexity index is 60.7. The van der Waals surface area contributed by atoms with E-state index in [1.54, 1.807) is 6.20 Å². The summed E-state index contributed by atoms with van der Waals surface area (Å²) in [5.41, 5.74) is 5.03. The lowest BCUT2D eigenvalue weighted by atomic mass is 10.7. The molecule has 0 aromatic rings. The van der Waals surface area contributed by atoms with Crippen molar-refractivity contribution in [2.24, 2.45) is 5.73 Å². The van der Waals surface area contributed by atoms with Gasteiger partial charge in [0.05, 0.1) is 4.05 Å². The van der Waals surface area contributed by atoms with E-state index < -0.39 is 0 Å². The highest BCUT2D eigenvalue weighted by atomic mass is 127. The Labute approximate surface area is 57.3 Å². The van der Waals surface area contributed by atoms with Crippen molar-refractivity contribution >= 4 is 22.6 Å². The summed E-state index contributed by atoms with van der Waals surface area (Å²) in [7, 11) is 0. The van der Waals surface area contributed by atoms with Gasteiger partial charge in [0.1, 0.15) is 0 Å².